The molecule has 0 radical (unpaired) electrons. The Bertz CT molecular complexity index is 916. The fraction of sp³-hybridized carbons (Fsp3) is 0.545. The molecule has 1 saturated heterocycles. The van der Waals surface area contributed by atoms with Crippen LogP contribution in [0.5, 0.6) is 5.75 Å². The molecule has 1 amide bonds. The monoisotopic (exact) mass is 436 g/mol. The first-order chi connectivity index (χ1) is 14.8. The number of rotatable bonds is 7. The minimum Gasteiger partial charge on any atom is -0.497 e. The van der Waals surface area contributed by atoms with Gasteiger partial charge in [-0.1, -0.05) is 12.1 Å². The van der Waals surface area contributed by atoms with E-state index in [1.165, 1.54) is 4.68 Å². The van der Waals surface area contributed by atoms with Gasteiger partial charge in [-0.2, -0.15) is 18.3 Å². The molecule has 2 aromatic rings. The third kappa shape index (κ3) is 5.39. The molecule has 0 unspecified atom stereocenters. The van der Waals surface area contributed by atoms with Gasteiger partial charge in [-0.05, 0) is 36.6 Å². The Morgan fingerprint density at radius 2 is 1.90 bits per heavy atom. The molecule has 2 heterocycles. The SMILES string of the molecule is COc1cccc(CN2CCN(C(=O)CCn3nc(C(F)(F)F)cc3C3CC3)CC2)c1. The Kier molecular flexibility index (Phi) is 6.22. The van der Waals surface area contributed by atoms with Crippen molar-refractivity contribution in [1.82, 2.24) is 19.6 Å². The van der Waals surface area contributed by atoms with Crippen LogP contribution in [0.25, 0.3) is 0 Å². The predicted molar refractivity (Wildman–Crippen MR) is 109 cm³/mol. The summed E-state index contributed by atoms with van der Waals surface area (Å²) in [4.78, 5) is 16.7. The van der Waals surface area contributed by atoms with Crippen LogP contribution < -0.4 is 4.74 Å². The first-order valence-electron chi connectivity index (χ1n) is 10.6. The molecule has 0 spiro atoms. The summed E-state index contributed by atoms with van der Waals surface area (Å²) in [5.74, 6) is 0.926. The summed E-state index contributed by atoms with van der Waals surface area (Å²) < 4.78 is 45.7. The van der Waals surface area contributed by atoms with Crippen LogP contribution in [0.15, 0.2) is 30.3 Å². The van der Waals surface area contributed by atoms with E-state index in [-0.39, 0.29) is 24.8 Å². The van der Waals surface area contributed by atoms with E-state index in [2.05, 4.69) is 16.1 Å². The van der Waals surface area contributed by atoms with Gasteiger partial charge in [0.05, 0.1) is 7.11 Å². The van der Waals surface area contributed by atoms with E-state index in [1.807, 2.05) is 18.2 Å². The number of nitrogens with zero attached hydrogens (tertiary/aromatic N) is 4. The number of carbonyl (C=O) groups excluding carboxylic acids is 1. The Hall–Kier alpha value is -2.55. The van der Waals surface area contributed by atoms with Gasteiger partial charge in [-0.3, -0.25) is 14.4 Å². The van der Waals surface area contributed by atoms with Gasteiger partial charge in [0.2, 0.25) is 5.91 Å². The van der Waals surface area contributed by atoms with Crippen LogP contribution >= 0.6 is 0 Å². The standard InChI is InChI=1S/C22H27F3N4O2/c1-31-18-4-2-3-16(13-18)15-27-9-11-28(12-10-27)21(30)7-8-29-19(17-5-6-17)14-20(26-29)22(23,24)25/h2-4,13-14,17H,5-12,15H2,1H3. The van der Waals surface area contributed by atoms with Crippen LogP contribution in [0.2, 0.25) is 0 Å². The van der Waals surface area contributed by atoms with E-state index in [0.29, 0.717) is 18.8 Å². The number of carbonyl (C=O) groups is 1. The smallest absolute Gasteiger partial charge is 0.435 e. The van der Waals surface area contributed by atoms with Gasteiger partial charge in [0, 0.05) is 57.3 Å². The average Bonchev–Trinajstić information content (AvgIpc) is 3.50. The molecule has 0 atom stereocenters. The molecule has 168 valence electrons. The van der Waals surface area contributed by atoms with E-state index in [9.17, 15) is 18.0 Å². The van der Waals surface area contributed by atoms with E-state index in [4.69, 9.17) is 4.74 Å². The highest BCUT2D eigenvalue weighted by atomic mass is 19.4. The van der Waals surface area contributed by atoms with Crippen molar-refractivity contribution in [3.63, 3.8) is 0 Å². The number of aryl methyl sites for hydroxylation is 1. The number of piperazine rings is 1. The van der Waals surface area contributed by atoms with E-state index in [0.717, 1.165) is 49.9 Å². The summed E-state index contributed by atoms with van der Waals surface area (Å²) in [6.07, 6.45) is -2.54. The maximum atomic E-state index is 13.0. The minimum absolute atomic E-state index is 0.0353. The van der Waals surface area contributed by atoms with Gasteiger partial charge < -0.3 is 9.64 Å². The molecule has 4 rings (SSSR count). The largest absolute Gasteiger partial charge is 0.497 e. The Labute approximate surface area is 179 Å². The van der Waals surface area contributed by atoms with Crippen molar-refractivity contribution in [3.05, 3.63) is 47.3 Å². The predicted octanol–water partition coefficient (Wildman–Crippen LogP) is 3.52. The number of amides is 1. The third-order valence-electron chi connectivity index (χ3n) is 5.90. The number of ether oxygens (including phenoxy) is 1. The Morgan fingerprint density at radius 1 is 1.16 bits per heavy atom. The fourth-order valence-corrected chi connectivity index (χ4v) is 4.00. The van der Waals surface area contributed by atoms with Crippen LogP contribution in [-0.4, -0.2) is 58.8 Å². The fourth-order valence-electron chi connectivity index (χ4n) is 4.00. The second-order valence-electron chi connectivity index (χ2n) is 8.21. The Morgan fingerprint density at radius 3 is 2.55 bits per heavy atom. The number of methoxy groups -OCH3 is 1. The number of hydrogen-bond donors (Lipinski definition) is 0. The van der Waals surface area contributed by atoms with Crippen molar-refractivity contribution in [3.8, 4) is 5.75 Å². The second-order valence-corrected chi connectivity index (χ2v) is 8.21. The van der Waals surface area contributed by atoms with E-state index >= 15 is 0 Å². The summed E-state index contributed by atoms with van der Waals surface area (Å²) in [6.45, 7) is 3.73. The molecule has 1 aromatic heterocycles. The maximum absolute atomic E-state index is 13.0. The lowest BCUT2D eigenvalue weighted by Gasteiger charge is -2.35. The lowest BCUT2D eigenvalue weighted by molar-refractivity contribution is -0.141. The summed E-state index contributed by atoms with van der Waals surface area (Å²) >= 11 is 0. The first kappa shape index (κ1) is 21.7. The average molecular weight is 436 g/mol. The van der Waals surface area contributed by atoms with E-state index in [1.54, 1.807) is 12.0 Å². The molecule has 9 heteroatoms. The number of hydrogen-bond acceptors (Lipinski definition) is 4. The van der Waals surface area contributed by atoms with Crippen molar-refractivity contribution in [2.45, 2.75) is 44.4 Å². The molecule has 2 aliphatic rings. The zero-order chi connectivity index (χ0) is 22.0. The van der Waals surface area contributed by atoms with Crippen LogP contribution in [0.4, 0.5) is 13.2 Å². The summed E-state index contributed by atoms with van der Waals surface area (Å²) in [6, 6.07) is 9.07. The topological polar surface area (TPSA) is 50.6 Å². The van der Waals surface area contributed by atoms with Crippen molar-refractivity contribution >= 4 is 5.91 Å². The molecule has 1 aromatic carbocycles. The molecule has 31 heavy (non-hydrogen) atoms. The molecule has 1 aliphatic heterocycles. The number of benzene rings is 1. The summed E-state index contributed by atoms with van der Waals surface area (Å²) in [5, 5.41) is 3.74. The lowest BCUT2D eigenvalue weighted by atomic mass is 10.2. The van der Waals surface area contributed by atoms with Crippen molar-refractivity contribution in [2.24, 2.45) is 0 Å². The zero-order valence-corrected chi connectivity index (χ0v) is 17.6. The number of halogens is 3. The molecular weight excluding hydrogens is 409 g/mol. The number of alkyl halides is 3. The van der Waals surface area contributed by atoms with Gasteiger partial charge in [0.25, 0.3) is 0 Å². The maximum Gasteiger partial charge on any atom is 0.435 e. The lowest BCUT2D eigenvalue weighted by Crippen LogP contribution is -2.48. The van der Waals surface area contributed by atoms with Crippen molar-refractivity contribution in [2.75, 3.05) is 33.3 Å². The second kappa shape index (κ2) is 8.90. The zero-order valence-electron chi connectivity index (χ0n) is 17.6. The molecular formula is C22H27F3N4O2. The third-order valence-corrected chi connectivity index (χ3v) is 5.90. The molecule has 2 fully saturated rings. The first-order valence-corrected chi connectivity index (χ1v) is 10.6. The summed E-state index contributed by atoms with van der Waals surface area (Å²) in [5.41, 5.74) is 0.891. The van der Waals surface area contributed by atoms with Gasteiger partial charge in [0.15, 0.2) is 5.69 Å². The van der Waals surface area contributed by atoms with Gasteiger partial charge in [0.1, 0.15) is 5.75 Å². The Balaban J connectivity index is 1.28. The number of aromatic nitrogens is 2. The van der Waals surface area contributed by atoms with Gasteiger partial charge in [-0.15, -0.1) is 0 Å². The van der Waals surface area contributed by atoms with Crippen molar-refractivity contribution in [1.29, 1.82) is 0 Å². The summed E-state index contributed by atoms with van der Waals surface area (Å²) in [7, 11) is 1.64. The highest BCUT2D eigenvalue weighted by molar-refractivity contribution is 5.76. The molecule has 6 nitrogen and oxygen atoms in total. The van der Waals surface area contributed by atoms with Crippen LogP contribution in [0.3, 0.4) is 0 Å². The molecule has 0 N–H and O–H groups in total. The van der Waals surface area contributed by atoms with Crippen LogP contribution in [-0.2, 0) is 24.1 Å². The van der Waals surface area contributed by atoms with Crippen LogP contribution in [0, 0.1) is 0 Å². The molecule has 1 saturated carbocycles. The van der Waals surface area contributed by atoms with Crippen LogP contribution in [0.1, 0.15) is 42.1 Å². The molecule has 0 bridgehead atoms. The van der Waals surface area contributed by atoms with E-state index < -0.39 is 11.9 Å². The van der Waals surface area contributed by atoms with Gasteiger partial charge >= 0.3 is 6.18 Å². The molecule has 1 aliphatic carbocycles. The van der Waals surface area contributed by atoms with Crippen molar-refractivity contribution < 1.29 is 22.7 Å². The highest BCUT2D eigenvalue weighted by Gasteiger charge is 2.37. The highest BCUT2D eigenvalue weighted by Crippen LogP contribution is 2.42. The minimum atomic E-state index is -4.46. The quantitative estimate of drug-likeness (QED) is 0.667. The normalized spacial score (nSPS) is 17.7. The van der Waals surface area contributed by atoms with Gasteiger partial charge in [-0.25, -0.2) is 0 Å².